The molecule has 1 aliphatic heterocycles. The highest BCUT2D eigenvalue weighted by atomic mass is 16.1. The van der Waals surface area contributed by atoms with E-state index in [0.29, 0.717) is 11.4 Å². The van der Waals surface area contributed by atoms with Gasteiger partial charge in [-0.05, 0) is 43.4 Å². The molecule has 1 amide bonds. The lowest BCUT2D eigenvalue weighted by Crippen LogP contribution is -2.44. The Morgan fingerprint density at radius 1 is 0.886 bits per heavy atom. The van der Waals surface area contributed by atoms with Crippen molar-refractivity contribution in [1.29, 1.82) is 0 Å². The van der Waals surface area contributed by atoms with Gasteiger partial charge in [0.15, 0.2) is 0 Å². The number of aromatic nitrogens is 5. The molecule has 1 saturated heterocycles. The van der Waals surface area contributed by atoms with Gasteiger partial charge < -0.3 is 20.1 Å². The molecule has 174 valence electrons. The Morgan fingerprint density at radius 3 is 2.54 bits per heavy atom. The van der Waals surface area contributed by atoms with Crippen molar-refractivity contribution in [3.8, 4) is 11.1 Å². The second-order valence-electron chi connectivity index (χ2n) is 8.77. The molecule has 0 aliphatic carbocycles. The van der Waals surface area contributed by atoms with Crippen LogP contribution in [0.4, 0.5) is 11.6 Å². The van der Waals surface area contributed by atoms with Gasteiger partial charge in [-0.1, -0.05) is 0 Å². The van der Waals surface area contributed by atoms with E-state index >= 15 is 0 Å². The third-order valence-corrected chi connectivity index (χ3v) is 6.38. The number of nitrogens with one attached hydrogen (secondary N) is 2. The average Bonchev–Trinajstić information content (AvgIpc) is 3.37. The first-order valence-corrected chi connectivity index (χ1v) is 11.5. The molecule has 0 bridgehead atoms. The molecule has 6 rings (SSSR count). The molecule has 0 spiro atoms. The minimum absolute atomic E-state index is 0.221. The number of hydrogen-bond donors (Lipinski definition) is 2. The molecule has 0 atom stereocenters. The predicted octanol–water partition coefficient (Wildman–Crippen LogP) is 3.57. The van der Waals surface area contributed by atoms with E-state index < -0.39 is 0 Å². The zero-order valence-electron chi connectivity index (χ0n) is 19.3. The average molecular weight is 465 g/mol. The molecular weight excluding hydrogens is 440 g/mol. The number of anilines is 2. The van der Waals surface area contributed by atoms with Crippen LogP contribution >= 0.6 is 0 Å². The first kappa shape index (κ1) is 21.2. The van der Waals surface area contributed by atoms with Gasteiger partial charge in [0, 0.05) is 78.4 Å². The number of rotatable bonds is 4. The Kier molecular flexibility index (Phi) is 5.31. The van der Waals surface area contributed by atoms with Crippen LogP contribution in [0.25, 0.3) is 33.1 Å². The summed E-state index contributed by atoms with van der Waals surface area (Å²) in [5.74, 6) is 1.07. The monoisotopic (exact) mass is 464 g/mol. The van der Waals surface area contributed by atoms with E-state index in [2.05, 4.69) is 53.2 Å². The van der Waals surface area contributed by atoms with E-state index in [0.717, 1.165) is 65.1 Å². The van der Waals surface area contributed by atoms with Gasteiger partial charge in [0.05, 0.1) is 11.7 Å². The number of carbonyl (C=O) groups is 1. The van der Waals surface area contributed by atoms with Crippen LogP contribution in [0, 0.1) is 0 Å². The first-order chi connectivity index (χ1) is 17.1. The summed E-state index contributed by atoms with van der Waals surface area (Å²) >= 11 is 0. The Hall–Kier alpha value is -4.37. The van der Waals surface area contributed by atoms with Crippen molar-refractivity contribution < 1.29 is 4.79 Å². The van der Waals surface area contributed by atoms with Crippen LogP contribution in [0.3, 0.4) is 0 Å². The van der Waals surface area contributed by atoms with Crippen molar-refractivity contribution in [3.63, 3.8) is 0 Å². The Balaban J connectivity index is 1.24. The molecule has 0 radical (unpaired) electrons. The van der Waals surface area contributed by atoms with E-state index in [4.69, 9.17) is 0 Å². The highest BCUT2D eigenvalue weighted by Crippen LogP contribution is 2.26. The molecule has 5 aromatic heterocycles. The summed E-state index contributed by atoms with van der Waals surface area (Å²) in [5, 5.41) is 4.84. The lowest BCUT2D eigenvalue weighted by atomic mass is 10.1. The first-order valence-electron chi connectivity index (χ1n) is 11.5. The molecule has 6 heterocycles. The molecule has 1 fully saturated rings. The predicted molar refractivity (Wildman–Crippen MR) is 137 cm³/mol. The summed E-state index contributed by atoms with van der Waals surface area (Å²) in [6, 6.07) is 11.5. The third kappa shape index (κ3) is 4.29. The van der Waals surface area contributed by atoms with E-state index in [1.54, 1.807) is 18.5 Å². The van der Waals surface area contributed by atoms with Crippen molar-refractivity contribution >= 4 is 39.5 Å². The Bertz CT molecular complexity index is 1540. The van der Waals surface area contributed by atoms with Gasteiger partial charge in [-0.3, -0.25) is 9.78 Å². The molecule has 9 nitrogen and oxygen atoms in total. The molecule has 0 saturated carbocycles. The van der Waals surface area contributed by atoms with Crippen LogP contribution in [0.2, 0.25) is 0 Å². The summed E-state index contributed by atoms with van der Waals surface area (Å²) in [6.07, 6.45) is 8.87. The number of piperazine rings is 1. The topological polar surface area (TPSA) is 103 Å². The van der Waals surface area contributed by atoms with Crippen LogP contribution in [-0.2, 0) is 0 Å². The van der Waals surface area contributed by atoms with Gasteiger partial charge >= 0.3 is 0 Å². The normalized spacial score (nSPS) is 14.5. The number of hydrogen-bond acceptors (Lipinski definition) is 7. The summed E-state index contributed by atoms with van der Waals surface area (Å²) in [6.45, 7) is 3.74. The van der Waals surface area contributed by atoms with Gasteiger partial charge in [0.1, 0.15) is 17.3 Å². The summed E-state index contributed by atoms with van der Waals surface area (Å²) in [5.41, 5.74) is 4.07. The lowest BCUT2D eigenvalue weighted by Gasteiger charge is -2.33. The fraction of sp³-hybridized carbons (Fsp3) is 0.192. The lowest BCUT2D eigenvalue weighted by molar-refractivity contribution is 0.102. The Labute approximate surface area is 201 Å². The molecule has 1 aliphatic rings. The number of carbonyl (C=O) groups excluding carboxylic acids is 1. The second kappa shape index (κ2) is 8.77. The van der Waals surface area contributed by atoms with Crippen molar-refractivity contribution in [2.75, 3.05) is 43.4 Å². The van der Waals surface area contributed by atoms with E-state index in [1.807, 2.05) is 42.9 Å². The van der Waals surface area contributed by atoms with Crippen molar-refractivity contribution in [3.05, 3.63) is 72.9 Å². The number of fused-ring (bicyclic) bond motifs is 2. The highest BCUT2D eigenvalue weighted by Gasteiger charge is 2.17. The van der Waals surface area contributed by atoms with Crippen LogP contribution in [0.15, 0.2) is 67.4 Å². The van der Waals surface area contributed by atoms with Crippen LogP contribution in [0.5, 0.6) is 0 Å². The smallest absolute Gasteiger partial charge is 0.257 e. The van der Waals surface area contributed by atoms with Crippen LogP contribution in [0.1, 0.15) is 10.4 Å². The molecular formula is C26H24N8O. The number of aromatic amines is 1. The molecule has 5 aromatic rings. The third-order valence-electron chi connectivity index (χ3n) is 6.38. The molecule has 0 aromatic carbocycles. The van der Waals surface area contributed by atoms with E-state index in [-0.39, 0.29) is 5.91 Å². The fourth-order valence-electron chi connectivity index (χ4n) is 4.31. The van der Waals surface area contributed by atoms with Crippen molar-refractivity contribution in [2.24, 2.45) is 0 Å². The van der Waals surface area contributed by atoms with E-state index in [1.165, 1.54) is 0 Å². The minimum Gasteiger partial charge on any atom is -0.354 e. The minimum atomic E-state index is -0.221. The van der Waals surface area contributed by atoms with Gasteiger partial charge in [-0.25, -0.2) is 15.0 Å². The molecule has 35 heavy (non-hydrogen) atoms. The summed E-state index contributed by atoms with van der Waals surface area (Å²) in [7, 11) is 2.11. The standard InChI is InChI=1S/C26H24N8O/c1-33-6-8-34(9-7-33)24-13-18(3-4-27-24)26(35)32-23-12-19-11-21(14-29-22(19)16-30-23)20-10-17-2-5-28-25(17)31-15-20/h2-5,10-16H,6-9H2,1H3,(H,28,31)(H,30,32,35). The summed E-state index contributed by atoms with van der Waals surface area (Å²) in [4.78, 5) is 38.5. The fourth-order valence-corrected chi connectivity index (χ4v) is 4.31. The number of pyridine rings is 4. The van der Waals surface area contributed by atoms with Gasteiger partial charge in [-0.2, -0.15) is 0 Å². The van der Waals surface area contributed by atoms with Crippen molar-refractivity contribution in [1.82, 2.24) is 29.8 Å². The van der Waals surface area contributed by atoms with Crippen molar-refractivity contribution in [2.45, 2.75) is 0 Å². The maximum atomic E-state index is 13.0. The van der Waals surface area contributed by atoms with Crippen LogP contribution < -0.4 is 10.2 Å². The molecule has 9 heteroatoms. The highest BCUT2D eigenvalue weighted by molar-refractivity contribution is 6.04. The maximum absolute atomic E-state index is 13.0. The number of amides is 1. The zero-order chi connectivity index (χ0) is 23.8. The SMILES string of the molecule is CN1CCN(c2cc(C(=O)Nc3cc4cc(-c5cnc6[nH]ccc6c5)cnc4cn3)ccn2)CC1. The Morgan fingerprint density at radius 2 is 1.69 bits per heavy atom. The van der Waals surface area contributed by atoms with Gasteiger partial charge in [-0.15, -0.1) is 0 Å². The van der Waals surface area contributed by atoms with Crippen LogP contribution in [-0.4, -0.2) is 69.0 Å². The zero-order valence-corrected chi connectivity index (χ0v) is 19.3. The number of H-pyrrole nitrogens is 1. The summed E-state index contributed by atoms with van der Waals surface area (Å²) < 4.78 is 0. The molecule has 0 unspecified atom stereocenters. The molecule has 2 N–H and O–H groups in total. The van der Waals surface area contributed by atoms with Gasteiger partial charge in [0.2, 0.25) is 0 Å². The maximum Gasteiger partial charge on any atom is 0.257 e. The number of likely N-dealkylation sites (N-methyl/N-ethyl adjacent to an activating group) is 1. The largest absolute Gasteiger partial charge is 0.354 e. The number of nitrogens with zero attached hydrogens (tertiary/aromatic N) is 6. The second-order valence-corrected chi connectivity index (χ2v) is 8.77. The van der Waals surface area contributed by atoms with E-state index in [9.17, 15) is 4.79 Å². The quantitative estimate of drug-likeness (QED) is 0.419. The van der Waals surface area contributed by atoms with Gasteiger partial charge in [0.25, 0.3) is 5.91 Å².